The van der Waals surface area contributed by atoms with Crippen molar-refractivity contribution >= 4 is 29.1 Å². The lowest BCUT2D eigenvalue weighted by molar-refractivity contribution is -0.116. The number of halogens is 1. The minimum Gasteiger partial charge on any atom is -0.352 e. The van der Waals surface area contributed by atoms with E-state index in [2.05, 4.69) is 10.6 Å². The minimum atomic E-state index is -0.171. The lowest BCUT2D eigenvalue weighted by atomic mass is 10.1. The average Bonchev–Trinajstić information content (AvgIpc) is 2.51. The fraction of sp³-hybridized carbons (Fsp3) is 0.222. The Balaban J connectivity index is 1.84. The molecule has 2 amide bonds. The van der Waals surface area contributed by atoms with Gasteiger partial charge >= 0.3 is 0 Å². The first-order valence-corrected chi connectivity index (χ1v) is 7.75. The highest BCUT2D eigenvalue weighted by atomic mass is 35.5. The van der Waals surface area contributed by atoms with Crippen LogP contribution in [0.4, 0.5) is 5.69 Å². The second-order valence-electron chi connectivity index (χ2n) is 5.33. The van der Waals surface area contributed by atoms with Gasteiger partial charge in [-0.15, -0.1) is 0 Å². The van der Waals surface area contributed by atoms with Crippen LogP contribution < -0.4 is 10.6 Å². The molecule has 0 saturated heterocycles. The molecule has 2 rings (SSSR count). The van der Waals surface area contributed by atoms with Crippen LogP contribution in [0.1, 0.15) is 27.9 Å². The minimum absolute atomic E-state index is 0.166. The first-order chi connectivity index (χ1) is 11.0. The SMILES string of the molecule is Cc1ccc(Cl)cc1NC(=O)CCNC(=O)c1ccccc1C. The van der Waals surface area contributed by atoms with Crippen LogP contribution in [0.5, 0.6) is 0 Å². The van der Waals surface area contributed by atoms with Crippen molar-refractivity contribution in [3.8, 4) is 0 Å². The van der Waals surface area contributed by atoms with E-state index in [4.69, 9.17) is 11.6 Å². The van der Waals surface area contributed by atoms with Crippen LogP contribution in [0, 0.1) is 13.8 Å². The molecule has 5 heteroatoms. The molecule has 0 aromatic heterocycles. The molecular weight excluding hydrogens is 312 g/mol. The van der Waals surface area contributed by atoms with E-state index in [1.165, 1.54) is 0 Å². The quantitative estimate of drug-likeness (QED) is 0.878. The molecule has 0 bridgehead atoms. The van der Waals surface area contributed by atoms with Gasteiger partial charge in [-0.2, -0.15) is 0 Å². The second kappa shape index (κ2) is 7.79. The van der Waals surface area contributed by atoms with Crippen LogP contribution in [0.25, 0.3) is 0 Å². The predicted octanol–water partition coefficient (Wildman–Crippen LogP) is 3.72. The lowest BCUT2D eigenvalue weighted by Gasteiger charge is -2.10. The van der Waals surface area contributed by atoms with Crippen LogP contribution >= 0.6 is 11.6 Å². The van der Waals surface area contributed by atoms with Crippen molar-refractivity contribution in [1.29, 1.82) is 0 Å². The summed E-state index contributed by atoms with van der Waals surface area (Å²) in [6, 6.07) is 12.7. The molecule has 0 radical (unpaired) electrons. The van der Waals surface area contributed by atoms with Crippen molar-refractivity contribution in [3.05, 3.63) is 64.2 Å². The van der Waals surface area contributed by atoms with Gasteiger partial charge in [-0.25, -0.2) is 0 Å². The zero-order valence-electron chi connectivity index (χ0n) is 13.2. The maximum absolute atomic E-state index is 12.0. The third-order valence-corrected chi connectivity index (χ3v) is 3.74. The van der Waals surface area contributed by atoms with Gasteiger partial charge in [0.2, 0.25) is 5.91 Å². The van der Waals surface area contributed by atoms with Gasteiger partial charge in [0, 0.05) is 29.2 Å². The molecule has 0 spiro atoms. The van der Waals surface area contributed by atoms with Gasteiger partial charge in [0.05, 0.1) is 0 Å². The number of carbonyl (C=O) groups is 2. The molecule has 0 aliphatic carbocycles. The normalized spacial score (nSPS) is 10.2. The van der Waals surface area contributed by atoms with Crippen molar-refractivity contribution in [2.24, 2.45) is 0 Å². The molecule has 0 fully saturated rings. The Labute approximate surface area is 140 Å². The molecule has 0 aliphatic heterocycles. The van der Waals surface area contributed by atoms with E-state index in [1.54, 1.807) is 18.2 Å². The number of benzene rings is 2. The predicted molar refractivity (Wildman–Crippen MR) is 92.9 cm³/mol. The molecule has 0 aliphatic rings. The number of carbonyl (C=O) groups excluding carboxylic acids is 2. The first kappa shape index (κ1) is 17.0. The Kier molecular flexibility index (Phi) is 5.77. The Morgan fingerprint density at radius 2 is 1.78 bits per heavy atom. The monoisotopic (exact) mass is 330 g/mol. The van der Waals surface area contributed by atoms with Crippen LogP contribution in [0.15, 0.2) is 42.5 Å². The highest BCUT2D eigenvalue weighted by molar-refractivity contribution is 6.31. The standard InChI is InChI=1S/C18H19ClN2O2/c1-12-5-3-4-6-15(12)18(23)20-10-9-17(22)21-16-11-14(19)8-7-13(16)2/h3-8,11H,9-10H2,1-2H3,(H,20,23)(H,21,22). The molecular formula is C18H19ClN2O2. The molecule has 0 atom stereocenters. The highest BCUT2D eigenvalue weighted by Crippen LogP contribution is 2.20. The van der Waals surface area contributed by atoms with E-state index in [-0.39, 0.29) is 24.8 Å². The Hall–Kier alpha value is -2.33. The summed E-state index contributed by atoms with van der Waals surface area (Å²) >= 11 is 5.92. The Morgan fingerprint density at radius 1 is 1.04 bits per heavy atom. The third kappa shape index (κ3) is 4.83. The van der Waals surface area contributed by atoms with Crippen molar-refractivity contribution in [2.45, 2.75) is 20.3 Å². The summed E-state index contributed by atoms with van der Waals surface area (Å²) in [5.41, 5.74) is 3.15. The summed E-state index contributed by atoms with van der Waals surface area (Å²) in [5.74, 6) is -0.338. The molecule has 2 aromatic carbocycles. The number of aryl methyl sites for hydroxylation is 2. The number of amides is 2. The summed E-state index contributed by atoms with van der Waals surface area (Å²) in [7, 11) is 0. The zero-order valence-corrected chi connectivity index (χ0v) is 13.9. The maximum Gasteiger partial charge on any atom is 0.251 e. The Morgan fingerprint density at radius 3 is 2.52 bits per heavy atom. The molecule has 120 valence electrons. The van der Waals surface area contributed by atoms with Crippen LogP contribution in [-0.2, 0) is 4.79 Å². The van der Waals surface area contributed by atoms with Crippen molar-refractivity contribution < 1.29 is 9.59 Å². The van der Waals surface area contributed by atoms with E-state index in [0.717, 1.165) is 11.1 Å². The lowest BCUT2D eigenvalue weighted by Crippen LogP contribution is -2.28. The Bertz CT molecular complexity index is 729. The third-order valence-electron chi connectivity index (χ3n) is 3.50. The number of anilines is 1. The maximum atomic E-state index is 12.0. The molecule has 0 heterocycles. The topological polar surface area (TPSA) is 58.2 Å². The van der Waals surface area contributed by atoms with Gasteiger partial charge in [0.1, 0.15) is 0 Å². The van der Waals surface area contributed by atoms with E-state index >= 15 is 0 Å². The zero-order chi connectivity index (χ0) is 16.8. The number of hydrogen-bond acceptors (Lipinski definition) is 2. The largest absolute Gasteiger partial charge is 0.352 e. The van der Waals surface area contributed by atoms with E-state index in [0.29, 0.717) is 16.3 Å². The van der Waals surface area contributed by atoms with Gasteiger partial charge < -0.3 is 10.6 Å². The van der Waals surface area contributed by atoms with Crippen molar-refractivity contribution in [2.75, 3.05) is 11.9 Å². The molecule has 23 heavy (non-hydrogen) atoms. The van der Waals surface area contributed by atoms with Gasteiger partial charge in [0.15, 0.2) is 0 Å². The smallest absolute Gasteiger partial charge is 0.251 e. The van der Waals surface area contributed by atoms with Gasteiger partial charge in [-0.05, 0) is 43.2 Å². The molecule has 2 N–H and O–H groups in total. The number of hydrogen-bond donors (Lipinski definition) is 2. The second-order valence-corrected chi connectivity index (χ2v) is 5.76. The summed E-state index contributed by atoms with van der Waals surface area (Å²) in [5, 5.41) is 6.13. The van der Waals surface area contributed by atoms with E-state index < -0.39 is 0 Å². The average molecular weight is 331 g/mol. The van der Waals surface area contributed by atoms with Crippen LogP contribution in [0.3, 0.4) is 0 Å². The van der Waals surface area contributed by atoms with E-state index in [9.17, 15) is 9.59 Å². The fourth-order valence-corrected chi connectivity index (χ4v) is 2.33. The molecule has 2 aromatic rings. The first-order valence-electron chi connectivity index (χ1n) is 7.37. The summed E-state index contributed by atoms with van der Waals surface area (Å²) in [4.78, 5) is 24.0. The van der Waals surface area contributed by atoms with Gasteiger partial charge in [-0.1, -0.05) is 35.9 Å². The summed E-state index contributed by atoms with van der Waals surface area (Å²) < 4.78 is 0. The van der Waals surface area contributed by atoms with Gasteiger partial charge in [-0.3, -0.25) is 9.59 Å². The number of nitrogens with one attached hydrogen (secondary N) is 2. The van der Waals surface area contributed by atoms with Crippen molar-refractivity contribution in [3.63, 3.8) is 0 Å². The summed E-state index contributed by atoms with van der Waals surface area (Å²) in [6.45, 7) is 4.05. The van der Waals surface area contributed by atoms with Crippen molar-refractivity contribution in [1.82, 2.24) is 5.32 Å². The molecule has 4 nitrogen and oxygen atoms in total. The molecule has 0 unspecified atom stereocenters. The van der Waals surface area contributed by atoms with Crippen LogP contribution in [-0.4, -0.2) is 18.4 Å². The van der Waals surface area contributed by atoms with Crippen LogP contribution in [0.2, 0.25) is 5.02 Å². The number of rotatable bonds is 5. The fourth-order valence-electron chi connectivity index (χ4n) is 2.15. The van der Waals surface area contributed by atoms with E-state index in [1.807, 2.05) is 38.1 Å². The molecule has 0 saturated carbocycles. The van der Waals surface area contributed by atoms with Gasteiger partial charge in [0.25, 0.3) is 5.91 Å². The summed E-state index contributed by atoms with van der Waals surface area (Å²) in [6.07, 6.45) is 0.198. The highest BCUT2D eigenvalue weighted by Gasteiger charge is 2.09.